The van der Waals surface area contributed by atoms with Crippen LogP contribution in [0.4, 0.5) is 5.69 Å². The second-order valence-electron chi connectivity index (χ2n) is 4.44. The van der Waals surface area contributed by atoms with Crippen LogP contribution in [0.2, 0.25) is 0 Å². The van der Waals surface area contributed by atoms with Gasteiger partial charge in [-0.15, -0.1) is 0 Å². The molecule has 1 aromatic heterocycles. The number of fused-ring (bicyclic) bond motifs is 1. The zero-order valence-electron chi connectivity index (χ0n) is 11.2. The number of para-hydroxylation sites is 2. The van der Waals surface area contributed by atoms with Gasteiger partial charge in [0.2, 0.25) is 0 Å². The molecular weight excluding hydrogens is 260 g/mol. The Morgan fingerprint density at radius 3 is 2.52 bits per heavy atom. The third-order valence-corrected chi connectivity index (χ3v) is 3.02. The molecule has 2 aromatic carbocycles. The summed E-state index contributed by atoms with van der Waals surface area (Å²) in [6.07, 6.45) is 0. The number of nitrogens with zero attached hydrogens (tertiary/aromatic N) is 3. The van der Waals surface area contributed by atoms with Gasteiger partial charge in [-0.3, -0.25) is 5.43 Å². The predicted octanol–water partition coefficient (Wildman–Crippen LogP) is 3.57. The first-order chi connectivity index (χ1) is 10.4. The van der Waals surface area contributed by atoms with Gasteiger partial charge in [0, 0.05) is 5.39 Å². The molecule has 0 unspecified atom stereocenters. The number of aromatic nitrogens is 1. The molecule has 0 bridgehead atoms. The van der Waals surface area contributed by atoms with Crippen LogP contribution in [0, 0.1) is 11.3 Å². The van der Waals surface area contributed by atoms with Crippen molar-refractivity contribution in [3.8, 4) is 6.07 Å². The lowest BCUT2D eigenvalue weighted by atomic mass is 10.2. The fourth-order valence-electron chi connectivity index (χ4n) is 1.97. The van der Waals surface area contributed by atoms with E-state index in [1.807, 2.05) is 60.7 Å². The number of benzene rings is 2. The molecule has 100 valence electrons. The number of hydrogen-bond donors (Lipinski definition) is 1. The minimum atomic E-state index is 0.254. The molecule has 0 amide bonds. The summed E-state index contributed by atoms with van der Waals surface area (Å²) < 4.78 is 0. The Hall–Kier alpha value is -3.19. The van der Waals surface area contributed by atoms with Crippen LogP contribution < -0.4 is 5.43 Å². The maximum absolute atomic E-state index is 9.27. The van der Waals surface area contributed by atoms with Crippen LogP contribution in [-0.4, -0.2) is 10.7 Å². The Balaban J connectivity index is 1.93. The zero-order chi connectivity index (χ0) is 14.5. The summed E-state index contributed by atoms with van der Waals surface area (Å²) in [4.78, 5) is 4.47. The summed E-state index contributed by atoms with van der Waals surface area (Å²) >= 11 is 0. The van der Waals surface area contributed by atoms with Crippen molar-refractivity contribution in [2.45, 2.75) is 0 Å². The summed E-state index contributed by atoms with van der Waals surface area (Å²) in [5, 5.41) is 14.4. The van der Waals surface area contributed by atoms with E-state index in [1.165, 1.54) is 0 Å². The molecule has 21 heavy (non-hydrogen) atoms. The summed E-state index contributed by atoms with van der Waals surface area (Å²) in [7, 11) is 0. The smallest absolute Gasteiger partial charge is 0.186 e. The third-order valence-electron chi connectivity index (χ3n) is 3.02. The van der Waals surface area contributed by atoms with Gasteiger partial charge in [-0.1, -0.05) is 42.5 Å². The van der Waals surface area contributed by atoms with Crippen molar-refractivity contribution in [2.75, 3.05) is 5.43 Å². The van der Waals surface area contributed by atoms with Crippen molar-refractivity contribution in [3.05, 3.63) is 72.4 Å². The number of pyridine rings is 1. The Morgan fingerprint density at radius 1 is 0.952 bits per heavy atom. The van der Waals surface area contributed by atoms with E-state index in [1.54, 1.807) is 6.07 Å². The summed E-state index contributed by atoms with van der Waals surface area (Å²) in [6.45, 7) is 0. The second kappa shape index (κ2) is 5.85. The van der Waals surface area contributed by atoms with Gasteiger partial charge < -0.3 is 0 Å². The molecule has 0 saturated carbocycles. The van der Waals surface area contributed by atoms with Crippen LogP contribution in [0.25, 0.3) is 10.9 Å². The quantitative estimate of drug-likeness (QED) is 0.585. The Labute approximate surface area is 122 Å². The highest BCUT2D eigenvalue weighted by Gasteiger charge is 2.05. The highest BCUT2D eigenvalue weighted by Crippen LogP contribution is 2.12. The maximum Gasteiger partial charge on any atom is 0.186 e. The Morgan fingerprint density at radius 2 is 1.71 bits per heavy atom. The fraction of sp³-hybridized carbons (Fsp3) is 0. The van der Waals surface area contributed by atoms with E-state index in [0.717, 1.165) is 16.6 Å². The molecule has 0 aliphatic carbocycles. The Bertz CT molecular complexity index is 832. The first-order valence-corrected chi connectivity index (χ1v) is 6.52. The lowest BCUT2D eigenvalue weighted by Gasteiger charge is -2.02. The molecule has 0 atom stereocenters. The monoisotopic (exact) mass is 272 g/mol. The van der Waals surface area contributed by atoms with E-state index in [-0.39, 0.29) is 5.71 Å². The fourth-order valence-corrected chi connectivity index (χ4v) is 1.97. The lowest BCUT2D eigenvalue weighted by Crippen LogP contribution is -2.04. The zero-order valence-corrected chi connectivity index (χ0v) is 11.2. The van der Waals surface area contributed by atoms with Crippen LogP contribution in [0.3, 0.4) is 0 Å². The molecular formula is C17H12N4. The van der Waals surface area contributed by atoms with Crippen molar-refractivity contribution in [1.82, 2.24) is 4.98 Å². The number of nitrogens with one attached hydrogen (secondary N) is 1. The first-order valence-electron chi connectivity index (χ1n) is 6.52. The SMILES string of the molecule is N#C/C(=N\Nc1ccccc1)c1ccc2ccccc2n1. The molecule has 3 aromatic rings. The molecule has 0 aliphatic rings. The number of nitriles is 1. The number of hydrogen-bond acceptors (Lipinski definition) is 4. The van der Waals surface area contributed by atoms with E-state index < -0.39 is 0 Å². The number of hydrazone groups is 1. The van der Waals surface area contributed by atoms with Crippen LogP contribution in [-0.2, 0) is 0 Å². The van der Waals surface area contributed by atoms with Crippen molar-refractivity contribution in [1.29, 1.82) is 5.26 Å². The lowest BCUT2D eigenvalue weighted by molar-refractivity contribution is 1.30. The van der Waals surface area contributed by atoms with Gasteiger partial charge in [0.05, 0.1) is 11.2 Å². The third kappa shape index (κ3) is 2.88. The van der Waals surface area contributed by atoms with Gasteiger partial charge in [-0.05, 0) is 24.3 Å². The topological polar surface area (TPSA) is 61.1 Å². The molecule has 0 fully saturated rings. The predicted molar refractivity (Wildman–Crippen MR) is 84.0 cm³/mol. The average molecular weight is 272 g/mol. The van der Waals surface area contributed by atoms with Crippen molar-refractivity contribution in [2.24, 2.45) is 5.10 Å². The van der Waals surface area contributed by atoms with Gasteiger partial charge in [0.25, 0.3) is 0 Å². The number of rotatable bonds is 3. The summed E-state index contributed by atoms with van der Waals surface area (Å²) in [5.74, 6) is 0. The van der Waals surface area contributed by atoms with Gasteiger partial charge in [0.1, 0.15) is 11.8 Å². The van der Waals surface area contributed by atoms with Crippen molar-refractivity contribution < 1.29 is 0 Å². The molecule has 4 nitrogen and oxygen atoms in total. The van der Waals surface area contributed by atoms with Gasteiger partial charge >= 0.3 is 0 Å². The van der Waals surface area contributed by atoms with Crippen molar-refractivity contribution in [3.63, 3.8) is 0 Å². The molecule has 1 N–H and O–H groups in total. The molecule has 0 spiro atoms. The highest BCUT2D eigenvalue weighted by molar-refractivity contribution is 6.11. The molecule has 3 rings (SSSR count). The van der Waals surface area contributed by atoms with Crippen LogP contribution in [0.5, 0.6) is 0 Å². The van der Waals surface area contributed by atoms with E-state index in [0.29, 0.717) is 5.69 Å². The summed E-state index contributed by atoms with van der Waals surface area (Å²) in [5.41, 5.74) is 5.35. The average Bonchev–Trinajstić information content (AvgIpc) is 2.56. The molecule has 1 heterocycles. The number of anilines is 1. The molecule has 4 heteroatoms. The maximum atomic E-state index is 9.27. The van der Waals surface area contributed by atoms with Gasteiger partial charge in [-0.25, -0.2) is 4.98 Å². The normalized spacial score (nSPS) is 11.1. The molecule has 0 aliphatic heterocycles. The van der Waals surface area contributed by atoms with E-state index >= 15 is 0 Å². The molecule has 0 saturated heterocycles. The van der Waals surface area contributed by atoms with Crippen LogP contribution in [0.1, 0.15) is 5.69 Å². The highest BCUT2D eigenvalue weighted by atomic mass is 15.3. The standard InChI is InChI=1S/C17H12N4/c18-12-17(21-20-14-7-2-1-3-8-14)16-11-10-13-6-4-5-9-15(13)19-16/h1-11,20H/b21-17+. The van der Waals surface area contributed by atoms with Gasteiger partial charge in [-0.2, -0.15) is 10.4 Å². The van der Waals surface area contributed by atoms with Gasteiger partial charge in [0.15, 0.2) is 5.71 Å². The largest absolute Gasteiger partial charge is 0.277 e. The minimum Gasteiger partial charge on any atom is -0.277 e. The molecule has 0 radical (unpaired) electrons. The minimum absolute atomic E-state index is 0.254. The van der Waals surface area contributed by atoms with Crippen LogP contribution >= 0.6 is 0 Å². The van der Waals surface area contributed by atoms with Crippen LogP contribution in [0.15, 0.2) is 71.8 Å². The second-order valence-corrected chi connectivity index (χ2v) is 4.44. The van der Waals surface area contributed by atoms with E-state index in [4.69, 9.17) is 0 Å². The van der Waals surface area contributed by atoms with E-state index in [9.17, 15) is 5.26 Å². The summed E-state index contributed by atoms with van der Waals surface area (Å²) in [6, 6.07) is 23.1. The first kappa shape index (κ1) is 12.8. The van der Waals surface area contributed by atoms with Crippen molar-refractivity contribution >= 4 is 22.3 Å². The Kier molecular flexibility index (Phi) is 3.57. The van der Waals surface area contributed by atoms with E-state index in [2.05, 4.69) is 21.6 Å².